The van der Waals surface area contributed by atoms with Gasteiger partial charge in [-0.05, 0) is 39.3 Å². The second kappa shape index (κ2) is 6.69. The second-order valence-electron chi connectivity index (χ2n) is 4.62. The molecule has 0 aromatic heterocycles. The molecule has 92 valence electrons. The molecule has 0 aromatic carbocycles. The van der Waals surface area contributed by atoms with Crippen LogP contribution in [0.25, 0.3) is 0 Å². The predicted octanol–water partition coefficient (Wildman–Crippen LogP) is 2.58. The van der Waals surface area contributed by atoms with Crippen LogP contribution in [0.4, 0.5) is 0 Å². The molecule has 0 radical (unpaired) electrons. The first kappa shape index (κ1) is 13.2. The van der Waals surface area contributed by atoms with E-state index in [0.29, 0.717) is 5.76 Å². The number of ether oxygens (including phenoxy) is 1. The number of likely N-dealkylation sites (tertiary alicyclic amines) is 1. The minimum absolute atomic E-state index is 0.0438. The number of nitrogens with zero attached hydrogens (tertiary/aromatic N) is 1. The van der Waals surface area contributed by atoms with E-state index in [0.717, 1.165) is 32.5 Å². The first-order chi connectivity index (χ1) is 7.63. The Morgan fingerprint density at radius 3 is 2.94 bits per heavy atom. The molecule has 1 atom stereocenters. The second-order valence-corrected chi connectivity index (χ2v) is 4.62. The van der Waals surface area contributed by atoms with E-state index in [9.17, 15) is 4.79 Å². The molecule has 1 aliphatic heterocycles. The van der Waals surface area contributed by atoms with Gasteiger partial charge in [0.1, 0.15) is 0 Å². The third kappa shape index (κ3) is 4.35. The summed E-state index contributed by atoms with van der Waals surface area (Å²) in [5, 5.41) is 0. The molecular formula is C13H23NO2. The molecule has 1 fully saturated rings. The number of hydrogen-bond acceptors (Lipinski definition) is 3. The summed E-state index contributed by atoms with van der Waals surface area (Å²) in [5.74, 6) is 0.437. The largest absolute Gasteiger partial charge is 0.432 e. The van der Waals surface area contributed by atoms with Gasteiger partial charge in [0.05, 0.1) is 11.7 Å². The highest BCUT2D eigenvalue weighted by Gasteiger charge is 2.26. The molecule has 0 aliphatic carbocycles. The van der Waals surface area contributed by atoms with Gasteiger partial charge in [0, 0.05) is 6.54 Å². The van der Waals surface area contributed by atoms with Crippen molar-refractivity contribution in [3.8, 4) is 0 Å². The topological polar surface area (TPSA) is 29.5 Å². The minimum Gasteiger partial charge on any atom is -0.432 e. The van der Waals surface area contributed by atoms with Crippen molar-refractivity contribution in [3.05, 3.63) is 12.3 Å². The Balaban J connectivity index is 2.37. The van der Waals surface area contributed by atoms with Crippen molar-refractivity contribution < 1.29 is 9.53 Å². The summed E-state index contributed by atoms with van der Waals surface area (Å²) in [5.41, 5.74) is 0. The standard InChI is InChI=1S/C13H23NO2/c1-4-5-8-14-9-6-7-12(10-14)13(15)16-11(2)3/h12H,2,4-10H2,1,3H3. The van der Waals surface area contributed by atoms with Gasteiger partial charge in [0.15, 0.2) is 0 Å². The van der Waals surface area contributed by atoms with Crippen LogP contribution in [0, 0.1) is 5.92 Å². The first-order valence-corrected chi connectivity index (χ1v) is 6.23. The Morgan fingerprint density at radius 1 is 1.56 bits per heavy atom. The fraction of sp³-hybridized carbons (Fsp3) is 0.769. The lowest BCUT2D eigenvalue weighted by molar-refractivity contribution is -0.146. The summed E-state index contributed by atoms with van der Waals surface area (Å²) in [7, 11) is 0. The fourth-order valence-electron chi connectivity index (χ4n) is 2.09. The molecule has 1 unspecified atom stereocenters. The maximum absolute atomic E-state index is 11.7. The zero-order valence-electron chi connectivity index (χ0n) is 10.5. The van der Waals surface area contributed by atoms with E-state index in [1.807, 2.05) is 0 Å². The van der Waals surface area contributed by atoms with Gasteiger partial charge in [-0.15, -0.1) is 0 Å². The van der Waals surface area contributed by atoms with Crippen LogP contribution in [-0.4, -0.2) is 30.5 Å². The molecule has 0 spiro atoms. The van der Waals surface area contributed by atoms with Gasteiger partial charge >= 0.3 is 5.97 Å². The highest BCUT2D eigenvalue weighted by Crippen LogP contribution is 2.19. The van der Waals surface area contributed by atoms with Crippen LogP contribution in [0.15, 0.2) is 12.3 Å². The van der Waals surface area contributed by atoms with E-state index < -0.39 is 0 Å². The lowest BCUT2D eigenvalue weighted by Gasteiger charge is -2.31. The molecule has 3 nitrogen and oxygen atoms in total. The van der Waals surface area contributed by atoms with Gasteiger partial charge in [0.2, 0.25) is 0 Å². The van der Waals surface area contributed by atoms with E-state index in [1.165, 1.54) is 12.8 Å². The average molecular weight is 225 g/mol. The molecule has 1 rings (SSSR count). The zero-order valence-corrected chi connectivity index (χ0v) is 10.5. The molecule has 16 heavy (non-hydrogen) atoms. The molecule has 3 heteroatoms. The maximum Gasteiger partial charge on any atom is 0.315 e. The molecular weight excluding hydrogens is 202 g/mol. The van der Waals surface area contributed by atoms with Crippen molar-refractivity contribution in [2.45, 2.75) is 39.5 Å². The molecule has 0 saturated carbocycles. The van der Waals surface area contributed by atoms with E-state index in [4.69, 9.17) is 4.74 Å². The number of carbonyl (C=O) groups excluding carboxylic acids is 1. The molecule has 0 N–H and O–H groups in total. The Hall–Kier alpha value is -0.830. The molecule has 1 saturated heterocycles. The maximum atomic E-state index is 11.7. The van der Waals surface area contributed by atoms with Crippen molar-refractivity contribution in [1.82, 2.24) is 4.90 Å². The quantitative estimate of drug-likeness (QED) is 0.532. The summed E-state index contributed by atoms with van der Waals surface area (Å²) in [6.45, 7) is 10.6. The molecule has 1 heterocycles. The first-order valence-electron chi connectivity index (χ1n) is 6.23. The smallest absolute Gasteiger partial charge is 0.315 e. The van der Waals surface area contributed by atoms with Gasteiger partial charge in [-0.25, -0.2) is 0 Å². The summed E-state index contributed by atoms with van der Waals surface area (Å²) < 4.78 is 5.08. The number of hydrogen-bond donors (Lipinski definition) is 0. The SMILES string of the molecule is C=C(C)OC(=O)C1CCCN(CCCC)C1. The predicted molar refractivity (Wildman–Crippen MR) is 65.0 cm³/mol. The van der Waals surface area contributed by atoms with Crippen LogP contribution >= 0.6 is 0 Å². The molecule has 0 aromatic rings. The molecule has 0 bridgehead atoms. The van der Waals surface area contributed by atoms with Gasteiger partial charge in [-0.2, -0.15) is 0 Å². The Labute approximate surface area is 98.5 Å². The number of unbranched alkanes of at least 4 members (excludes halogenated alkanes) is 1. The van der Waals surface area contributed by atoms with Crippen molar-refractivity contribution in [2.24, 2.45) is 5.92 Å². The fourth-order valence-corrected chi connectivity index (χ4v) is 2.09. The third-order valence-corrected chi connectivity index (χ3v) is 2.94. The van der Waals surface area contributed by atoms with Crippen LogP contribution in [0.5, 0.6) is 0 Å². The van der Waals surface area contributed by atoms with Crippen molar-refractivity contribution in [3.63, 3.8) is 0 Å². The van der Waals surface area contributed by atoms with Crippen molar-refractivity contribution in [1.29, 1.82) is 0 Å². The van der Waals surface area contributed by atoms with Crippen LogP contribution in [0.3, 0.4) is 0 Å². The lowest BCUT2D eigenvalue weighted by Crippen LogP contribution is -2.39. The van der Waals surface area contributed by atoms with Gasteiger partial charge in [-0.1, -0.05) is 19.9 Å². The summed E-state index contributed by atoms with van der Waals surface area (Å²) in [6, 6.07) is 0. The number of piperidine rings is 1. The van der Waals surface area contributed by atoms with Crippen LogP contribution in [-0.2, 0) is 9.53 Å². The van der Waals surface area contributed by atoms with E-state index >= 15 is 0 Å². The van der Waals surface area contributed by atoms with Gasteiger partial charge < -0.3 is 9.64 Å². The zero-order chi connectivity index (χ0) is 12.0. The Kier molecular flexibility index (Phi) is 5.53. The van der Waals surface area contributed by atoms with Crippen molar-refractivity contribution in [2.75, 3.05) is 19.6 Å². The normalized spacial score (nSPS) is 21.8. The number of esters is 1. The third-order valence-electron chi connectivity index (χ3n) is 2.94. The average Bonchev–Trinajstić information content (AvgIpc) is 2.26. The lowest BCUT2D eigenvalue weighted by atomic mass is 9.98. The number of carbonyl (C=O) groups is 1. The minimum atomic E-state index is -0.103. The van der Waals surface area contributed by atoms with Gasteiger partial charge in [-0.3, -0.25) is 4.79 Å². The van der Waals surface area contributed by atoms with Gasteiger partial charge in [0.25, 0.3) is 0 Å². The number of allylic oxidation sites excluding steroid dienone is 1. The van der Waals surface area contributed by atoms with E-state index in [1.54, 1.807) is 6.92 Å². The highest BCUT2D eigenvalue weighted by molar-refractivity contribution is 5.73. The molecule has 1 aliphatic rings. The van der Waals surface area contributed by atoms with Crippen LogP contribution in [0.2, 0.25) is 0 Å². The monoisotopic (exact) mass is 225 g/mol. The Bertz CT molecular complexity index is 250. The van der Waals surface area contributed by atoms with Crippen molar-refractivity contribution >= 4 is 5.97 Å². The van der Waals surface area contributed by atoms with E-state index in [-0.39, 0.29) is 11.9 Å². The van der Waals surface area contributed by atoms with Crippen LogP contribution < -0.4 is 0 Å². The molecule has 0 amide bonds. The summed E-state index contributed by atoms with van der Waals surface area (Å²) in [4.78, 5) is 14.1. The Morgan fingerprint density at radius 2 is 2.31 bits per heavy atom. The van der Waals surface area contributed by atoms with Crippen LogP contribution in [0.1, 0.15) is 39.5 Å². The summed E-state index contributed by atoms with van der Waals surface area (Å²) in [6.07, 6.45) is 4.47. The summed E-state index contributed by atoms with van der Waals surface area (Å²) >= 11 is 0. The highest BCUT2D eigenvalue weighted by atomic mass is 16.5. The number of rotatable bonds is 5. The van der Waals surface area contributed by atoms with E-state index in [2.05, 4.69) is 18.4 Å².